The maximum Gasteiger partial charge on any atom is 0.148 e. The number of aromatic hydroxyl groups is 1. The minimum atomic E-state index is 0. The van der Waals surface area contributed by atoms with E-state index in [1.807, 2.05) is 42.6 Å². The largest absolute Gasteiger partial charge is 0.507 e. The summed E-state index contributed by atoms with van der Waals surface area (Å²) in [5, 5.41) is 11.4. The van der Waals surface area contributed by atoms with Crippen LogP contribution in [-0.2, 0) is 21.1 Å². The van der Waals surface area contributed by atoms with Gasteiger partial charge in [0.2, 0.25) is 0 Å². The summed E-state index contributed by atoms with van der Waals surface area (Å²) in [4.78, 5) is 10.4. The van der Waals surface area contributed by atoms with Gasteiger partial charge in [0.15, 0.2) is 0 Å². The van der Waals surface area contributed by atoms with Crippen molar-refractivity contribution in [2.45, 2.75) is 12.8 Å². The zero-order valence-electron chi connectivity index (χ0n) is 33.4. The van der Waals surface area contributed by atoms with Gasteiger partial charge in [-0.2, -0.15) is 0 Å². The second kappa shape index (κ2) is 17.2. The van der Waals surface area contributed by atoms with E-state index in [-0.39, 0.29) is 32.7 Å². The molecule has 10 aromatic rings. The van der Waals surface area contributed by atoms with Crippen LogP contribution in [0.5, 0.6) is 5.75 Å². The van der Waals surface area contributed by atoms with Crippen molar-refractivity contribution in [3.63, 3.8) is 0 Å². The summed E-state index contributed by atoms with van der Waals surface area (Å²) in [6.45, 7) is 2.25. The van der Waals surface area contributed by atoms with E-state index in [4.69, 9.17) is 9.97 Å². The summed E-state index contributed by atoms with van der Waals surface area (Å²) in [5.41, 5.74) is 15.9. The van der Waals surface area contributed by atoms with Crippen LogP contribution in [0, 0.1) is 6.07 Å². The third-order valence-corrected chi connectivity index (χ3v) is 11.4. The molecule has 4 nitrogen and oxygen atoms in total. The van der Waals surface area contributed by atoms with E-state index in [0.29, 0.717) is 11.4 Å². The number of imidazole rings is 1. The fourth-order valence-electron chi connectivity index (χ4n) is 8.24. The SMILES string of the molecule is CC(c1ccccc1)c1cc(-c2cc(-c3ccccc3)ccn2)[c-]c(-c2cccc3c2nc(-c2ccccc2O)n3-c2ccc(-c3ccccc3)cc2-c2ccccc2)c1.[Pt]. The Kier molecular flexibility index (Phi) is 11.1. The van der Waals surface area contributed by atoms with Crippen molar-refractivity contribution in [2.75, 3.05) is 0 Å². The molecule has 8 aromatic carbocycles. The molecule has 10 rings (SSSR count). The maximum absolute atomic E-state index is 11.4. The van der Waals surface area contributed by atoms with Crippen molar-refractivity contribution >= 4 is 11.0 Å². The standard InChI is InChI=1S/C56H40N3O.Pt/c1-38(39-17-6-2-7-18-39)45-33-46(35-47(34-45)51-37-44(31-32-57-51)41-21-10-4-11-22-41)48-26-16-27-53-55(48)58-56(49-25-14-15-28-54(49)60)59(53)52-30-29-43(40-19-8-3-9-20-40)36-50(52)42-23-12-5-13-24-42;/h2-34,36-38,60H,1H3;/q-1;. The number of nitrogens with zero attached hydrogens (tertiary/aromatic N) is 3. The van der Waals surface area contributed by atoms with Crippen molar-refractivity contribution < 1.29 is 26.2 Å². The average molecular weight is 966 g/mol. The zero-order chi connectivity index (χ0) is 40.4. The first-order valence-electron chi connectivity index (χ1n) is 20.3. The second-order valence-corrected chi connectivity index (χ2v) is 15.1. The average Bonchev–Trinajstić information content (AvgIpc) is 3.71. The Morgan fingerprint density at radius 1 is 0.492 bits per heavy atom. The second-order valence-electron chi connectivity index (χ2n) is 15.1. The van der Waals surface area contributed by atoms with Crippen LogP contribution in [-0.4, -0.2) is 19.6 Å². The predicted octanol–water partition coefficient (Wildman–Crippen LogP) is 14.1. The van der Waals surface area contributed by atoms with Crippen LogP contribution in [0.25, 0.3) is 83.9 Å². The monoisotopic (exact) mass is 965 g/mol. The van der Waals surface area contributed by atoms with E-state index in [0.717, 1.165) is 78.0 Å². The Hall–Kier alpha value is -7.13. The number of benzene rings is 8. The molecule has 5 heteroatoms. The molecule has 0 aliphatic rings. The molecule has 0 saturated carbocycles. The summed E-state index contributed by atoms with van der Waals surface area (Å²) in [6, 6.07) is 74.9. The number of fused-ring (bicyclic) bond motifs is 1. The number of pyridine rings is 1. The van der Waals surface area contributed by atoms with Gasteiger partial charge in [-0.15, -0.1) is 29.3 Å². The van der Waals surface area contributed by atoms with E-state index in [1.165, 1.54) is 5.56 Å². The molecule has 2 aromatic heterocycles. The van der Waals surface area contributed by atoms with Crippen LogP contribution in [0.15, 0.2) is 212 Å². The van der Waals surface area contributed by atoms with E-state index in [1.54, 1.807) is 6.07 Å². The Morgan fingerprint density at radius 2 is 1.08 bits per heavy atom. The molecule has 296 valence electrons. The number of rotatable bonds is 9. The normalized spacial score (nSPS) is 11.6. The van der Waals surface area contributed by atoms with Crippen LogP contribution < -0.4 is 0 Å². The minimum absolute atomic E-state index is 0. The van der Waals surface area contributed by atoms with Crippen LogP contribution in [0.1, 0.15) is 24.0 Å². The minimum Gasteiger partial charge on any atom is -0.507 e. The molecular formula is C56H40N3OPt-. The van der Waals surface area contributed by atoms with E-state index < -0.39 is 0 Å². The Bertz CT molecular complexity index is 3110. The van der Waals surface area contributed by atoms with Crippen LogP contribution >= 0.6 is 0 Å². The van der Waals surface area contributed by atoms with Gasteiger partial charge in [0.25, 0.3) is 0 Å². The molecule has 0 amide bonds. The van der Waals surface area contributed by atoms with Crippen LogP contribution in [0.3, 0.4) is 0 Å². The molecule has 0 aliphatic carbocycles. The van der Waals surface area contributed by atoms with Crippen LogP contribution in [0.4, 0.5) is 0 Å². The predicted molar refractivity (Wildman–Crippen MR) is 246 cm³/mol. The number of hydrogen-bond acceptors (Lipinski definition) is 3. The summed E-state index contributed by atoms with van der Waals surface area (Å²) in [5.74, 6) is 0.905. The number of phenolic OH excluding ortho intramolecular Hbond substituents is 1. The molecule has 0 spiro atoms. The molecule has 0 saturated heterocycles. The Balaban J connectivity index is 0.00000476. The van der Waals surface area contributed by atoms with Gasteiger partial charge >= 0.3 is 0 Å². The van der Waals surface area contributed by atoms with Crippen molar-refractivity contribution in [2.24, 2.45) is 0 Å². The Morgan fingerprint density at radius 3 is 1.77 bits per heavy atom. The van der Waals surface area contributed by atoms with Crippen molar-refractivity contribution in [1.82, 2.24) is 14.5 Å². The molecule has 0 bridgehead atoms. The molecule has 1 atom stereocenters. The summed E-state index contributed by atoms with van der Waals surface area (Å²) < 4.78 is 2.20. The van der Waals surface area contributed by atoms with Crippen molar-refractivity contribution in [1.29, 1.82) is 0 Å². The molecule has 61 heavy (non-hydrogen) atoms. The third kappa shape index (κ3) is 7.75. The molecule has 0 aliphatic heterocycles. The van der Waals surface area contributed by atoms with Crippen molar-refractivity contribution in [3.05, 3.63) is 230 Å². The molecule has 0 fully saturated rings. The molecule has 1 unspecified atom stereocenters. The van der Waals surface area contributed by atoms with Crippen molar-refractivity contribution in [3.8, 4) is 78.6 Å². The van der Waals surface area contributed by atoms with Gasteiger partial charge in [0.05, 0.1) is 22.3 Å². The van der Waals surface area contributed by atoms with Gasteiger partial charge in [0, 0.05) is 38.5 Å². The quantitative estimate of drug-likeness (QED) is 0.147. The van der Waals surface area contributed by atoms with Gasteiger partial charge in [-0.05, 0) is 75.7 Å². The summed E-state index contributed by atoms with van der Waals surface area (Å²) in [6.07, 6.45) is 1.88. The maximum atomic E-state index is 11.4. The fourth-order valence-corrected chi connectivity index (χ4v) is 8.24. The molecule has 0 radical (unpaired) electrons. The van der Waals surface area contributed by atoms with Gasteiger partial charge in [0.1, 0.15) is 11.6 Å². The summed E-state index contributed by atoms with van der Waals surface area (Å²) >= 11 is 0. The fraction of sp³-hybridized carbons (Fsp3) is 0.0357. The van der Waals surface area contributed by atoms with Gasteiger partial charge in [-0.1, -0.05) is 176 Å². The zero-order valence-corrected chi connectivity index (χ0v) is 35.7. The van der Waals surface area contributed by atoms with Crippen LogP contribution in [0.2, 0.25) is 0 Å². The number of phenols is 1. The van der Waals surface area contributed by atoms with E-state index in [2.05, 4.69) is 181 Å². The first kappa shape index (κ1) is 39.3. The number of hydrogen-bond donors (Lipinski definition) is 1. The first-order chi connectivity index (χ1) is 29.6. The number of para-hydroxylation sites is 2. The van der Waals surface area contributed by atoms with Gasteiger partial charge in [-0.3, -0.25) is 9.55 Å². The van der Waals surface area contributed by atoms with E-state index >= 15 is 0 Å². The van der Waals surface area contributed by atoms with Gasteiger partial charge in [-0.25, -0.2) is 4.98 Å². The smallest absolute Gasteiger partial charge is 0.148 e. The number of aromatic nitrogens is 3. The van der Waals surface area contributed by atoms with Gasteiger partial charge < -0.3 is 5.11 Å². The third-order valence-electron chi connectivity index (χ3n) is 11.4. The topological polar surface area (TPSA) is 50.9 Å². The molecular weight excluding hydrogens is 926 g/mol. The molecule has 2 heterocycles. The first-order valence-corrected chi connectivity index (χ1v) is 20.3. The molecule has 1 N–H and O–H groups in total. The Labute approximate surface area is 370 Å². The summed E-state index contributed by atoms with van der Waals surface area (Å²) in [7, 11) is 0. The van der Waals surface area contributed by atoms with E-state index in [9.17, 15) is 5.11 Å².